The second-order valence-corrected chi connectivity index (χ2v) is 13.6. The summed E-state index contributed by atoms with van der Waals surface area (Å²) in [4.78, 5) is 26.5. The fourth-order valence-electron chi connectivity index (χ4n) is 5.96. The summed E-state index contributed by atoms with van der Waals surface area (Å²) in [6.45, 7) is 19.3. The summed E-state index contributed by atoms with van der Waals surface area (Å²) in [7, 11) is 0. The van der Waals surface area contributed by atoms with E-state index in [0.29, 0.717) is 44.3 Å². The molecule has 1 aromatic carbocycles. The summed E-state index contributed by atoms with van der Waals surface area (Å²) in [5.74, 6) is 0.663. The Morgan fingerprint density at radius 1 is 0.925 bits per heavy atom. The maximum Gasteiger partial charge on any atom is 0.408 e. The Bertz CT molecular complexity index is 1010. The van der Waals surface area contributed by atoms with E-state index in [1.165, 1.54) is 5.56 Å². The second kappa shape index (κ2) is 11.8. The highest BCUT2D eigenvalue weighted by molar-refractivity contribution is 5.69. The maximum absolute atomic E-state index is 12.3. The number of hydrogen-bond donors (Lipinski definition) is 3. The lowest BCUT2D eigenvalue weighted by Crippen LogP contribution is -2.55. The summed E-state index contributed by atoms with van der Waals surface area (Å²) >= 11 is 0. The number of nitrogens with zero attached hydrogens (tertiary/aromatic N) is 1. The Labute approximate surface area is 238 Å². The number of hydrogen-bond acceptors (Lipinski definition) is 8. The predicted octanol–water partition coefficient (Wildman–Crippen LogP) is 3.47. The number of carbonyl (C=O) groups excluding carboxylic acids is 2. The number of alkyl carbamates (subject to hydrolysis) is 2. The molecule has 40 heavy (non-hydrogen) atoms. The number of rotatable bonds is 4. The largest absolute Gasteiger partial charge is 0.444 e. The number of benzene rings is 1. The third-order valence-electron chi connectivity index (χ3n) is 8.02. The van der Waals surface area contributed by atoms with Crippen molar-refractivity contribution >= 4 is 12.2 Å². The molecule has 4 heterocycles. The van der Waals surface area contributed by atoms with Crippen LogP contribution in [-0.4, -0.2) is 92.0 Å². The van der Waals surface area contributed by atoms with Gasteiger partial charge in [0.15, 0.2) is 0 Å². The minimum Gasteiger partial charge on any atom is -0.444 e. The normalized spacial score (nSPS) is 30.5. The fraction of sp³-hybridized carbons (Fsp3) is 0.733. The molecule has 224 valence electrons. The van der Waals surface area contributed by atoms with Crippen LogP contribution in [-0.2, 0) is 18.9 Å². The molecule has 0 bridgehead atoms. The van der Waals surface area contributed by atoms with Crippen LogP contribution >= 0.6 is 0 Å². The number of likely N-dealkylation sites (tertiary alicyclic amines) is 1. The standard InChI is InChI=1S/C19H28N2O3.C11H20N2O3/c1-14(15-8-6-5-7-9-15)21-10-16-11-23-13-19(16,12-21)20-17(22)24-18(2,3)4;1-10(2,3)16-9(14)13-11-6-12-4-8(11)5-15-7-11/h5-9,14,16H,10-13H2,1-4H3,(H,20,22);8,12H,4-7H2,1-3H3,(H,13,14)/t14-,16?,19+;8?,11-/m10/s1. The molecule has 5 atom stereocenters. The van der Waals surface area contributed by atoms with Gasteiger partial charge in [-0.1, -0.05) is 30.3 Å². The van der Waals surface area contributed by atoms with Gasteiger partial charge in [-0.25, -0.2) is 9.59 Å². The highest BCUT2D eigenvalue weighted by Gasteiger charge is 2.53. The summed E-state index contributed by atoms with van der Waals surface area (Å²) in [6, 6.07) is 10.8. The molecule has 0 spiro atoms. The van der Waals surface area contributed by atoms with E-state index in [1.54, 1.807) is 0 Å². The molecule has 0 radical (unpaired) electrons. The number of fused-ring (bicyclic) bond motifs is 2. The van der Waals surface area contributed by atoms with E-state index < -0.39 is 11.2 Å². The van der Waals surface area contributed by atoms with E-state index >= 15 is 0 Å². The van der Waals surface area contributed by atoms with Gasteiger partial charge in [-0.2, -0.15) is 0 Å². The smallest absolute Gasteiger partial charge is 0.408 e. The van der Waals surface area contributed by atoms with Crippen LogP contribution in [0.5, 0.6) is 0 Å². The first-order valence-corrected chi connectivity index (χ1v) is 14.4. The maximum atomic E-state index is 12.3. The number of ether oxygens (including phenoxy) is 4. The molecule has 1 aromatic rings. The van der Waals surface area contributed by atoms with Crippen LogP contribution in [0.25, 0.3) is 0 Å². The minimum absolute atomic E-state index is 0.262. The van der Waals surface area contributed by atoms with E-state index in [2.05, 4.69) is 52.0 Å². The quantitative estimate of drug-likeness (QED) is 0.514. The Morgan fingerprint density at radius 3 is 2.08 bits per heavy atom. The van der Waals surface area contributed by atoms with Gasteiger partial charge in [0.1, 0.15) is 11.2 Å². The molecule has 4 aliphatic heterocycles. The van der Waals surface area contributed by atoms with Gasteiger partial charge >= 0.3 is 12.2 Å². The summed E-state index contributed by atoms with van der Waals surface area (Å²) in [5, 5.41) is 9.36. The molecule has 0 aliphatic carbocycles. The molecule has 10 heteroatoms. The lowest BCUT2D eigenvalue weighted by atomic mass is 9.91. The van der Waals surface area contributed by atoms with Gasteiger partial charge in [0, 0.05) is 44.1 Å². The first kappa shape index (κ1) is 30.6. The van der Waals surface area contributed by atoms with Crippen molar-refractivity contribution in [3.05, 3.63) is 35.9 Å². The van der Waals surface area contributed by atoms with Crippen LogP contribution < -0.4 is 16.0 Å². The lowest BCUT2D eigenvalue weighted by molar-refractivity contribution is 0.0419. The van der Waals surface area contributed by atoms with E-state index in [0.717, 1.165) is 26.2 Å². The van der Waals surface area contributed by atoms with E-state index in [-0.39, 0.29) is 23.3 Å². The third kappa shape index (κ3) is 7.46. The zero-order valence-electron chi connectivity index (χ0n) is 25.2. The van der Waals surface area contributed by atoms with Gasteiger partial charge in [0.25, 0.3) is 0 Å². The summed E-state index contributed by atoms with van der Waals surface area (Å²) < 4.78 is 21.8. The zero-order valence-corrected chi connectivity index (χ0v) is 25.2. The zero-order chi connectivity index (χ0) is 29.2. The van der Waals surface area contributed by atoms with Gasteiger partial charge in [0.05, 0.1) is 37.5 Å². The first-order valence-electron chi connectivity index (χ1n) is 14.4. The molecule has 0 saturated carbocycles. The van der Waals surface area contributed by atoms with Crippen LogP contribution in [0.3, 0.4) is 0 Å². The van der Waals surface area contributed by atoms with Gasteiger partial charge in [-0.15, -0.1) is 0 Å². The summed E-state index contributed by atoms with van der Waals surface area (Å²) in [5.41, 5.74) is -0.258. The Balaban J connectivity index is 0.000000201. The molecule has 2 amide bonds. The molecule has 4 aliphatic rings. The van der Waals surface area contributed by atoms with Crippen molar-refractivity contribution in [3.63, 3.8) is 0 Å². The topological polar surface area (TPSA) is 110 Å². The lowest BCUT2D eigenvalue weighted by Gasteiger charge is -2.31. The van der Waals surface area contributed by atoms with Gasteiger partial charge in [-0.3, -0.25) is 4.90 Å². The fourth-order valence-corrected chi connectivity index (χ4v) is 5.96. The van der Waals surface area contributed by atoms with Crippen molar-refractivity contribution in [2.75, 3.05) is 52.6 Å². The van der Waals surface area contributed by atoms with Gasteiger partial charge < -0.3 is 34.9 Å². The monoisotopic (exact) mass is 560 g/mol. The van der Waals surface area contributed by atoms with Gasteiger partial charge in [-0.05, 0) is 54.0 Å². The van der Waals surface area contributed by atoms with Crippen molar-refractivity contribution in [2.45, 2.75) is 76.8 Å². The van der Waals surface area contributed by atoms with Crippen molar-refractivity contribution in [1.82, 2.24) is 20.9 Å². The summed E-state index contributed by atoms with van der Waals surface area (Å²) in [6.07, 6.45) is -0.709. The van der Waals surface area contributed by atoms with Crippen LogP contribution in [0.4, 0.5) is 9.59 Å². The molecule has 4 saturated heterocycles. The number of carbonyl (C=O) groups is 2. The van der Waals surface area contributed by atoms with E-state index in [9.17, 15) is 9.59 Å². The van der Waals surface area contributed by atoms with Crippen molar-refractivity contribution in [3.8, 4) is 0 Å². The molecule has 4 fully saturated rings. The van der Waals surface area contributed by atoms with Crippen LogP contribution in [0, 0.1) is 11.8 Å². The first-order chi connectivity index (χ1) is 18.7. The number of nitrogens with one attached hydrogen (secondary N) is 3. The molecule has 5 rings (SSSR count). The average Bonchev–Trinajstić information content (AvgIpc) is 3.56. The Kier molecular flexibility index (Phi) is 9.04. The number of amides is 2. The van der Waals surface area contributed by atoms with Gasteiger partial charge in [0.2, 0.25) is 0 Å². The van der Waals surface area contributed by atoms with Crippen molar-refractivity contribution < 1.29 is 28.5 Å². The highest BCUT2D eigenvalue weighted by Crippen LogP contribution is 2.38. The van der Waals surface area contributed by atoms with Crippen LogP contribution in [0.1, 0.15) is 60.1 Å². The Morgan fingerprint density at radius 2 is 1.48 bits per heavy atom. The minimum atomic E-state index is -0.495. The highest BCUT2D eigenvalue weighted by atomic mass is 16.6. The van der Waals surface area contributed by atoms with Crippen LogP contribution in [0.2, 0.25) is 0 Å². The molecule has 2 unspecified atom stereocenters. The SMILES string of the molecule is CC(C)(C)OC(=O)N[C@]12CNCC1COC2.C[C@H](c1ccccc1)N1CC2COC[C@@]2(NC(=O)OC(C)(C)C)C1. The van der Waals surface area contributed by atoms with Crippen molar-refractivity contribution in [2.24, 2.45) is 11.8 Å². The van der Waals surface area contributed by atoms with E-state index in [1.807, 2.05) is 47.6 Å². The average molecular weight is 561 g/mol. The predicted molar refractivity (Wildman–Crippen MR) is 152 cm³/mol. The van der Waals surface area contributed by atoms with Crippen LogP contribution in [0.15, 0.2) is 30.3 Å². The third-order valence-corrected chi connectivity index (χ3v) is 8.02. The molecular formula is C30H48N4O6. The van der Waals surface area contributed by atoms with E-state index in [4.69, 9.17) is 18.9 Å². The molecule has 3 N–H and O–H groups in total. The van der Waals surface area contributed by atoms with Crippen molar-refractivity contribution in [1.29, 1.82) is 0 Å². The molecule has 10 nitrogen and oxygen atoms in total. The second-order valence-electron chi connectivity index (χ2n) is 13.6. The Hall–Kier alpha value is -2.40. The molecule has 0 aromatic heterocycles. The molecular weight excluding hydrogens is 512 g/mol.